The Hall–Kier alpha value is -2.81. The number of hydrogen-bond acceptors (Lipinski definition) is 8. The molecule has 5 rings (SSSR count). The maximum absolute atomic E-state index is 6.67. The molecule has 1 fully saturated rings. The predicted octanol–water partition coefficient (Wildman–Crippen LogP) is 3.16. The molecule has 7 nitrogen and oxygen atoms in total. The van der Waals surface area contributed by atoms with E-state index in [-0.39, 0.29) is 0 Å². The third kappa shape index (κ3) is 4.06. The van der Waals surface area contributed by atoms with Crippen molar-refractivity contribution in [3.63, 3.8) is 0 Å². The fourth-order valence-corrected chi connectivity index (χ4v) is 5.19. The molecule has 5 N–H and O–H groups in total. The minimum atomic E-state index is -0.990. The van der Waals surface area contributed by atoms with E-state index in [0.717, 1.165) is 39.7 Å². The molecule has 2 aromatic rings. The normalized spacial score (nSPS) is 25.3. The number of hydrogen-bond donors (Lipinski definition) is 3. The van der Waals surface area contributed by atoms with Crippen LogP contribution >= 0.6 is 11.8 Å². The lowest BCUT2D eigenvalue weighted by molar-refractivity contribution is 0.237. The fraction of sp³-hybridized carbons (Fsp3) is 0.304. The monoisotopic (exact) mass is 434 g/mol. The molecule has 160 valence electrons. The summed E-state index contributed by atoms with van der Waals surface area (Å²) in [5.41, 5.74) is 16.6. The van der Waals surface area contributed by atoms with Crippen molar-refractivity contribution in [2.24, 2.45) is 21.5 Å². The summed E-state index contributed by atoms with van der Waals surface area (Å²) in [5.74, 6) is 1.24. The smallest absolute Gasteiger partial charge is 0.188 e. The minimum Gasteiger partial charge on any atom is -0.492 e. The van der Waals surface area contributed by atoms with Gasteiger partial charge in [-0.15, -0.1) is 0 Å². The summed E-state index contributed by atoms with van der Waals surface area (Å²) in [5, 5.41) is 3.16. The number of fused-ring (bicyclic) bond motifs is 1. The van der Waals surface area contributed by atoms with Gasteiger partial charge in [-0.25, -0.2) is 9.98 Å². The largest absolute Gasteiger partial charge is 0.492 e. The van der Waals surface area contributed by atoms with E-state index in [2.05, 4.69) is 20.2 Å². The Labute approximate surface area is 186 Å². The summed E-state index contributed by atoms with van der Waals surface area (Å²) in [7, 11) is 0. The van der Waals surface area contributed by atoms with Crippen LogP contribution in [-0.4, -0.2) is 43.3 Å². The van der Waals surface area contributed by atoms with Crippen LogP contribution in [0.15, 0.2) is 63.4 Å². The first kappa shape index (κ1) is 20.1. The number of amidine groups is 1. The fourth-order valence-electron chi connectivity index (χ4n) is 4.07. The quantitative estimate of drug-likeness (QED) is 0.668. The molecular weight excluding hydrogens is 408 g/mol. The summed E-state index contributed by atoms with van der Waals surface area (Å²) in [4.78, 5) is 11.4. The van der Waals surface area contributed by atoms with Crippen LogP contribution < -0.4 is 21.5 Å². The van der Waals surface area contributed by atoms with E-state index in [9.17, 15) is 0 Å². The molecule has 0 radical (unpaired) electrons. The number of benzene rings is 2. The van der Waals surface area contributed by atoms with Crippen molar-refractivity contribution in [3.8, 4) is 5.75 Å². The SMILES string of the molecule is NC1=NC(N)(c2ccc(OCCN3CCCC3)cc2)SC1=C1N=CNc2ccccc21. The zero-order valence-electron chi connectivity index (χ0n) is 17.3. The van der Waals surface area contributed by atoms with Crippen LogP contribution in [0.5, 0.6) is 5.75 Å². The standard InChI is InChI=1S/C23H26N6OS/c24-22-21(20-18-5-1-2-6-19(18)26-15-27-20)31-23(25,28-22)16-7-9-17(10-8-16)30-14-13-29-11-3-4-12-29/h1-2,5-10,15H,3-4,11-14,25H2,(H2,24,28)(H,26,27). The molecule has 0 amide bonds. The molecule has 3 aliphatic rings. The van der Waals surface area contributed by atoms with Gasteiger partial charge in [0, 0.05) is 23.4 Å². The molecule has 0 aliphatic carbocycles. The topological polar surface area (TPSA) is 101 Å². The van der Waals surface area contributed by atoms with Gasteiger partial charge in [0.15, 0.2) is 4.99 Å². The van der Waals surface area contributed by atoms with Gasteiger partial charge in [-0.05, 0) is 44.1 Å². The van der Waals surface area contributed by atoms with Crippen molar-refractivity contribution in [1.82, 2.24) is 4.90 Å². The molecule has 2 aromatic carbocycles. The van der Waals surface area contributed by atoms with E-state index >= 15 is 0 Å². The number of likely N-dealkylation sites (tertiary alicyclic amines) is 1. The van der Waals surface area contributed by atoms with Gasteiger partial charge in [0.2, 0.25) is 0 Å². The number of nitrogens with two attached hydrogens (primary N) is 2. The second-order valence-corrected chi connectivity index (χ2v) is 9.08. The minimum absolute atomic E-state index is 0.405. The first-order chi connectivity index (χ1) is 15.1. The summed E-state index contributed by atoms with van der Waals surface area (Å²) in [6.45, 7) is 4.01. The second kappa shape index (κ2) is 8.37. The third-order valence-corrected chi connectivity index (χ3v) is 6.98. The Balaban J connectivity index is 1.32. The van der Waals surface area contributed by atoms with E-state index in [0.29, 0.717) is 12.4 Å². The van der Waals surface area contributed by atoms with Crippen molar-refractivity contribution in [2.75, 3.05) is 31.6 Å². The molecule has 0 bridgehead atoms. The Kier molecular flexibility index (Phi) is 5.43. The average molecular weight is 435 g/mol. The van der Waals surface area contributed by atoms with E-state index in [4.69, 9.17) is 16.2 Å². The molecule has 31 heavy (non-hydrogen) atoms. The van der Waals surface area contributed by atoms with E-state index in [1.54, 1.807) is 6.34 Å². The molecule has 3 heterocycles. The second-order valence-electron chi connectivity index (χ2n) is 7.84. The van der Waals surface area contributed by atoms with Crippen LogP contribution in [0.4, 0.5) is 5.69 Å². The van der Waals surface area contributed by atoms with Gasteiger partial charge in [-0.1, -0.05) is 42.1 Å². The van der Waals surface area contributed by atoms with Crippen LogP contribution in [0, 0.1) is 0 Å². The highest BCUT2D eigenvalue weighted by atomic mass is 32.2. The maximum atomic E-state index is 6.67. The molecule has 1 atom stereocenters. The van der Waals surface area contributed by atoms with Crippen LogP contribution in [0.25, 0.3) is 5.70 Å². The molecule has 0 spiro atoms. The number of nitrogens with one attached hydrogen (secondary N) is 1. The predicted molar refractivity (Wildman–Crippen MR) is 128 cm³/mol. The molecule has 0 aromatic heterocycles. The number of thioether (sulfide) groups is 1. The van der Waals surface area contributed by atoms with Gasteiger partial charge in [-0.2, -0.15) is 0 Å². The van der Waals surface area contributed by atoms with Gasteiger partial charge < -0.3 is 15.8 Å². The Morgan fingerprint density at radius 3 is 2.68 bits per heavy atom. The highest BCUT2D eigenvalue weighted by molar-refractivity contribution is 8.05. The van der Waals surface area contributed by atoms with Crippen molar-refractivity contribution in [2.45, 2.75) is 17.8 Å². The molecule has 3 aliphatic heterocycles. The summed E-state index contributed by atoms with van der Waals surface area (Å²) >= 11 is 1.42. The summed E-state index contributed by atoms with van der Waals surface area (Å²) < 4.78 is 5.91. The average Bonchev–Trinajstić information content (AvgIpc) is 3.42. The Morgan fingerprint density at radius 1 is 1.10 bits per heavy atom. The molecule has 1 saturated heterocycles. The summed E-state index contributed by atoms with van der Waals surface area (Å²) in [6, 6.07) is 15.8. The zero-order chi connectivity index (χ0) is 21.3. The number of aliphatic imine (C=N–C) groups is 2. The molecular formula is C23H26N6OS. The Morgan fingerprint density at radius 2 is 1.87 bits per heavy atom. The van der Waals surface area contributed by atoms with Gasteiger partial charge in [-0.3, -0.25) is 10.6 Å². The van der Waals surface area contributed by atoms with Crippen LogP contribution in [-0.2, 0) is 4.99 Å². The molecule has 0 saturated carbocycles. The lowest BCUT2D eigenvalue weighted by atomic mass is 10.1. The van der Waals surface area contributed by atoms with Gasteiger partial charge in [0.1, 0.15) is 18.2 Å². The first-order valence-electron chi connectivity index (χ1n) is 10.5. The van der Waals surface area contributed by atoms with Gasteiger partial charge >= 0.3 is 0 Å². The lowest BCUT2D eigenvalue weighted by Gasteiger charge is -2.21. The number of ether oxygens (including phenoxy) is 1. The van der Waals surface area contributed by atoms with Crippen molar-refractivity contribution < 1.29 is 4.74 Å². The van der Waals surface area contributed by atoms with Crippen LogP contribution in [0.2, 0.25) is 0 Å². The van der Waals surface area contributed by atoms with E-state index in [1.165, 1.54) is 37.7 Å². The zero-order valence-corrected chi connectivity index (χ0v) is 18.1. The number of rotatable bonds is 5. The van der Waals surface area contributed by atoms with Gasteiger partial charge in [0.05, 0.1) is 16.9 Å². The highest BCUT2D eigenvalue weighted by Gasteiger charge is 2.38. The number of nitrogens with zero attached hydrogens (tertiary/aromatic N) is 3. The maximum Gasteiger partial charge on any atom is 0.188 e. The van der Waals surface area contributed by atoms with E-state index in [1.807, 2.05) is 48.5 Å². The third-order valence-electron chi connectivity index (χ3n) is 5.73. The number of para-hydroxylation sites is 1. The van der Waals surface area contributed by atoms with E-state index < -0.39 is 4.99 Å². The van der Waals surface area contributed by atoms with Crippen LogP contribution in [0.3, 0.4) is 0 Å². The Bertz CT molecular complexity index is 1060. The van der Waals surface area contributed by atoms with Crippen molar-refractivity contribution >= 4 is 35.3 Å². The first-order valence-corrected chi connectivity index (χ1v) is 11.4. The van der Waals surface area contributed by atoms with Crippen molar-refractivity contribution in [1.29, 1.82) is 0 Å². The van der Waals surface area contributed by atoms with Crippen molar-refractivity contribution in [3.05, 3.63) is 64.6 Å². The lowest BCUT2D eigenvalue weighted by Crippen LogP contribution is -2.28. The molecule has 8 heteroatoms. The van der Waals surface area contributed by atoms with Crippen LogP contribution in [0.1, 0.15) is 24.0 Å². The molecule has 1 unspecified atom stereocenters. The summed E-state index contributed by atoms with van der Waals surface area (Å²) in [6.07, 6.45) is 4.25. The number of anilines is 1. The highest BCUT2D eigenvalue weighted by Crippen LogP contribution is 2.47. The van der Waals surface area contributed by atoms with Gasteiger partial charge in [0.25, 0.3) is 0 Å².